The highest BCUT2D eigenvalue weighted by Crippen LogP contribution is 2.26. The molecule has 0 saturated heterocycles. The minimum absolute atomic E-state index is 0.302. The average Bonchev–Trinajstić information content (AvgIpc) is 2.85. The van der Waals surface area contributed by atoms with Gasteiger partial charge in [-0.2, -0.15) is 0 Å². The van der Waals surface area contributed by atoms with Crippen LogP contribution >= 0.6 is 0 Å². The number of para-hydroxylation sites is 2. The molecule has 32 heavy (non-hydrogen) atoms. The van der Waals surface area contributed by atoms with E-state index in [0.717, 1.165) is 5.69 Å². The minimum Gasteiger partial charge on any atom is -0.485 e. The van der Waals surface area contributed by atoms with Crippen molar-refractivity contribution in [3.63, 3.8) is 0 Å². The van der Waals surface area contributed by atoms with Crippen LogP contribution in [0.4, 0.5) is 11.4 Å². The number of amides is 1. The highest BCUT2D eigenvalue weighted by molar-refractivity contribution is 7.86. The van der Waals surface area contributed by atoms with Crippen LogP contribution in [-0.2, 0) is 17.6 Å². The molecule has 160 valence electrons. The molecule has 0 radical (unpaired) electrons. The number of aromatic nitrogens is 2. The molecule has 2 heterocycles. The summed E-state index contributed by atoms with van der Waals surface area (Å²) in [6.07, 6.45) is 3.27. The molecule has 0 fully saturated rings. The minimum atomic E-state index is -1.52. The summed E-state index contributed by atoms with van der Waals surface area (Å²) in [4.78, 5) is 21.0. The van der Waals surface area contributed by atoms with Crippen LogP contribution in [0.2, 0.25) is 0 Å². The predicted octanol–water partition coefficient (Wildman–Crippen LogP) is 4.44. The van der Waals surface area contributed by atoms with Crippen LogP contribution in [0.25, 0.3) is 0 Å². The van der Waals surface area contributed by atoms with Gasteiger partial charge in [-0.3, -0.25) is 19.5 Å². The van der Waals surface area contributed by atoms with Crippen molar-refractivity contribution in [1.29, 1.82) is 0 Å². The van der Waals surface area contributed by atoms with Crippen molar-refractivity contribution in [2.24, 2.45) is 0 Å². The van der Waals surface area contributed by atoms with Crippen molar-refractivity contribution in [2.45, 2.75) is 11.5 Å². The molecular weight excluding hydrogens is 424 g/mol. The standard InChI is InChI=1S/C24H20N4O3S/c29-24(22-9-4-6-16-26-22)27-18-11-13-20(14-12-18)32(30)28-21-8-1-2-10-23(21)31-17-19-7-3-5-15-25-19/h1-16,28H,17H2,(H,27,29). The summed E-state index contributed by atoms with van der Waals surface area (Å²) in [5, 5.41) is 2.77. The maximum Gasteiger partial charge on any atom is 0.274 e. The van der Waals surface area contributed by atoms with Crippen LogP contribution in [0.3, 0.4) is 0 Å². The molecule has 2 aromatic carbocycles. The summed E-state index contributed by atoms with van der Waals surface area (Å²) in [5.74, 6) is 0.266. The van der Waals surface area contributed by atoms with E-state index < -0.39 is 11.0 Å². The maximum atomic E-state index is 12.8. The summed E-state index contributed by atoms with van der Waals surface area (Å²) in [6.45, 7) is 0.302. The average molecular weight is 445 g/mol. The number of carbonyl (C=O) groups is 1. The van der Waals surface area contributed by atoms with Crippen molar-refractivity contribution < 1.29 is 13.7 Å². The maximum absolute atomic E-state index is 12.8. The summed E-state index contributed by atoms with van der Waals surface area (Å²) in [6, 6.07) is 24.8. The number of carbonyl (C=O) groups excluding carboxylic acids is 1. The van der Waals surface area contributed by atoms with Gasteiger partial charge < -0.3 is 10.1 Å². The largest absolute Gasteiger partial charge is 0.485 e. The van der Waals surface area contributed by atoms with Gasteiger partial charge in [0.25, 0.3) is 5.91 Å². The Kier molecular flexibility index (Phi) is 6.84. The molecule has 1 atom stereocenters. The van der Waals surface area contributed by atoms with E-state index in [-0.39, 0.29) is 5.91 Å². The molecule has 1 unspecified atom stereocenters. The van der Waals surface area contributed by atoms with Gasteiger partial charge in [0, 0.05) is 18.1 Å². The monoisotopic (exact) mass is 444 g/mol. The molecule has 2 aromatic heterocycles. The number of ether oxygens (including phenoxy) is 1. The van der Waals surface area contributed by atoms with Gasteiger partial charge in [-0.15, -0.1) is 0 Å². The van der Waals surface area contributed by atoms with Gasteiger partial charge in [0.05, 0.1) is 16.3 Å². The number of nitrogens with one attached hydrogen (secondary N) is 2. The molecule has 0 aliphatic rings. The molecule has 2 N–H and O–H groups in total. The van der Waals surface area contributed by atoms with E-state index in [1.54, 1.807) is 67.0 Å². The lowest BCUT2D eigenvalue weighted by Gasteiger charge is -2.13. The number of nitrogens with zero attached hydrogens (tertiary/aromatic N) is 2. The molecule has 0 aliphatic carbocycles. The lowest BCUT2D eigenvalue weighted by atomic mass is 10.3. The number of pyridine rings is 2. The molecule has 4 rings (SSSR count). The molecule has 0 aliphatic heterocycles. The van der Waals surface area contributed by atoms with Crippen LogP contribution in [0.15, 0.2) is 102 Å². The van der Waals surface area contributed by atoms with Crippen molar-refractivity contribution in [1.82, 2.24) is 9.97 Å². The van der Waals surface area contributed by atoms with Crippen molar-refractivity contribution in [3.05, 3.63) is 109 Å². The second-order valence-corrected chi connectivity index (χ2v) is 7.88. The summed E-state index contributed by atoms with van der Waals surface area (Å²) < 4.78 is 21.7. The Labute approximate surface area is 188 Å². The number of hydrogen-bond donors (Lipinski definition) is 2. The number of anilines is 2. The lowest BCUT2D eigenvalue weighted by molar-refractivity contribution is 0.102. The fourth-order valence-electron chi connectivity index (χ4n) is 2.82. The SMILES string of the molecule is O=C(Nc1ccc(S(=O)Nc2ccccc2OCc2ccccn2)cc1)c1ccccn1. The second-order valence-electron chi connectivity index (χ2n) is 6.67. The Balaban J connectivity index is 1.39. The predicted molar refractivity (Wildman–Crippen MR) is 124 cm³/mol. The van der Waals surface area contributed by atoms with Crippen molar-refractivity contribution >= 4 is 28.3 Å². The van der Waals surface area contributed by atoms with Gasteiger partial charge in [0.15, 0.2) is 0 Å². The lowest BCUT2D eigenvalue weighted by Crippen LogP contribution is -2.13. The van der Waals surface area contributed by atoms with Crippen LogP contribution in [-0.4, -0.2) is 20.1 Å². The normalized spacial score (nSPS) is 11.4. The summed E-state index contributed by atoms with van der Waals surface area (Å²) >= 11 is 0. The van der Waals surface area contributed by atoms with E-state index in [0.29, 0.717) is 34.3 Å². The van der Waals surface area contributed by atoms with Gasteiger partial charge in [-0.25, -0.2) is 4.21 Å². The van der Waals surface area contributed by atoms with E-state index >= 15 is 0 Å². The molecule has 4 aromatic rings. The fourth-order valence-corrected chi connectivity index (χ4v) is 3.69. The first-order valence-electron chi connectivity index (χ1n) is 9.82. The topological polar surface area (TPSA) is 93.2 Å². The van der Waals surface area contributed by atoms with Crippen molar-refractivity contribution in [2.75, 3.05) is 10.0 Å². The third kappa shape index (κ3) is 5.55. The molecule has 0 spiro atoms. The molecular formula is C24H20N4O3S. The zero-order valence-electron chi connectivity index (χ0n) is 17.0. The van der Waals surface area contributed by atoms with E-state index in [9.17, 15) is 9.00 Å². The Morgan fingerprint density at radius 3 is 2.28 bits per heavy atom. The van der Waals surface area contributed by atoms with Crippen LogP contribution in [0, 0.1) is 0 Å². The van der Waals surface area contributed by atoms with E-state index in [2.05, 4.69) is 20.0 Å². The van der Waals surface area contributed by atoms with Gasteiger partial charge in [-0.1, -0.05) is 24.3 Å². The first-order chi connectivity index (χ1) is 15.7. The third-order valence-corrected chi connectivity index (χ3v) is 5.52. The van der Waals surface area contributed by atoms with Crippen LogP contribution in [0.5, 0.6) is 5.75 Å². The Morgan fingerprint density at radius 1 is 0.844 bits per heavy atom. The van der Waals surface area contributed by atoms with Crippen LogP contribution < -0.4 is 14.8 Å². The molecule has 7 nitrogen and oxygen atoms in total. The molecule has 0 bridgehead atoms. The van der Waals surface area contributed by atoms with Gasteiger partial charge in [0.1, 0.15) is 29.0 Å². The first kappa shape index (κ1) is 21.2. The van der Waals surface area contributed by atoms with Gasteiger partial charge in [0.2, 0.25) is 0 Å². The Morgan fingerprint density at radius 2 is 1.56 bits per heavy atom. The van der Waals surface area contributed by atoms with Gasteiger partial charge >= 0.3 is 0 Å². The quantitative estimate of drug-likeness (QED) is 0.419. The van der Waals surface area contributed by atoms with Crippen LogP contribution in [0.1, 0.15) is 16.2 Å². The number of hydrogen-bond acceptors (Lipinski definition) is 5. The smallest absolute Gasteiger partial charge is 0.274 e. The summed E-state index contributed by atoms with van der Waals surface area (Å²) in [7, 11) is -1.52. The number of rotatable bonds is 8. The zero-order valence-corrected chi connectivity index (χ0v) is 17.8. The fraction of sp³-hybridized carbons (Fsp3) is 0.0417. The highest BCUT2D eigenvalue weighted by atomic mass is 32.2. The molecule has 0 saturated carbocycles. The highest BCUT2D eigenvalue weighted by Gasteiger charge is 2.11. The Bertz CT molecular complexity index is 1200. The number of benzene rings is 2. The van der Waals surface area contributed by atoms with Gasteiger partial charge in [-0.05, 0) is 60.7 Å². The Hall–Kier alpha value is -4.04. The van der Waals surface area contributed by atoms with E-state index in [1.165, 1.54) is 0 Å². The van der Waals surface area contributed by atoms with E-state index in [1.807, 2.05) is 30.3 Å². The van der Waals surface area contributed by atoms with E-state index in [4.69, 9.17) is 4.74 Å². The first-order valence-corrected chi connectivity index (χ1v) is 11.0. The molecule has 8 heteroatoms. The summed E-state index contributed by atoms with van der Waals surface area (Å²) in [5.41, 5.74) is 2.31. The zero-order chi connectivity index (χ0) is 22.2. The molecule has 1 amide bonds. The van der Waals surface area contributed by atoms with Crippen molar-refractivity contribution in [3.8, 4) is 5.75 Å². The second kappa shape index (κ2) is 10.3. The third-order valence-electron chi connectivity index (χ3n) is 4.42.